The van der Waals surface area contributed by atoms with Crippen LogP contribution in [0.15, 0.2) is 18.2 Å². The lowest BCUT2D eigenvalue weighted by atomic mass is 9.78. The molecule has 1 rings (SSSR count). The van der Waals surface area contributed by atoms with E-state index < -0.39 is 12.0 Å². The highest BCUT2D eigenvalue weighted by molar-refractivity contribution is 6.60. The molecule has 0 bridgehead atoms. The number of hydrogen-bond acceptors (Lipinski definition) is 5. The van der Waals surface area contributed by atoms with Crippen LogP contribution in [-0.4, -0.2) is 28.0 Å². The van der Waals surface area contributed by atoms with Gasteiger partial charge >= 0.3 is 7.12 Å². The molecule has 0 aliphatic rings. The molecule has 0 heterocycles. The van der Waals surface area contributed by atoms with Gasteiger partial charge in [-0.2, -0.15) is 0 Å². The predicted octanol–water partition coefficient (Wildman–Crippen LogP) is -0.131. The number of benzene rings is 1. The van der Waals surface area contributed by atoms with Gasteiger partial charge < -0.3 is 15.4 Å². The highest BCUT2D eigenvalue weighted by atomic mass is 16.6. The summed E-state index contributed by atoms with van der Waals surface area (Å²) in [5.74, 6) is -0.602. The van der Waals surface area contributed by atoms with Gasteiger partial charge in [0.05, 0.1) is 4.92 Å². The van der Waals surface area contributed by atoms with E-state index in [0.717, 1.165) is 6.07 Å². The van der Waals surface area contributed by atoms with Gasteiger partial charge in [-0.3, -0.25) is 14.9 Å². The van der Waals surface area contributed by atoms with E-state index in [1.165, 1.54) is 12.1 Å². The number of rotatable bonds is 4. The molecular weight excluding hydrogens is 239 g/mol. The van der Waals surface area contributed by atoms with Gasteiger partial charge in [-0.05, 0) is 6.07 Å². The number of amides is 1. The van der Waals surface area contributed by atoms with Crippen LogP contribution in [0, 0.1) is 16.0 Å². The first-order chi connectivity index (χ1) is 8.32. The van der Waals surface area contributed by atoms with Gasteiger partial charge in [0.1, 0.15) is 0 Å². The van der Waals surface area contributed by atoms with E-state index in [9.17, 15) is 14.9 Å². The van der Waals surface area contributed by atoms with Crippen molar-refractivity contribution in [3.63, 3.8) is 0 Å². The van der Waals surface area contributed by atoms with Gasteiger partial charge in [0.25, 0.3) is 5.69 Å². The van der Waals surface area contributed by atoms with Crippen molar-refractivity contribution in [2.24, 2.45) is 5.92 Å². The third kappa shape index (κ3) is 3.28. The van der Waals surface area contributed by atoms with Gasteiger partial charge in [-0.25, -0.2) is 0 Å². The maximum absolute atomic E-state index is 11.5. The number of nitrogens with zero attached hydrogens (tertiary/aromatic N) is 1. The number of hydrogen-bond donors (Lipinski definition) is 3. The van der Waals surface area contributed by atoms with Gasteiger partial charge in [0.15, 0.2) is 0 Å². The SMILES string of the molecule is CC(C)C(=O)Nc1ccc([N+](=O)[O-])cc1B(O)O. The Morgan fingerprint density at radius 2 is 2.06 bits per heavy atom. The Bertz CT molecular complexity index is 475. The second-order valence-corrected chi connectivity index (χ2v) is 4.05. The Labute approximate surface area is 104 Å². The van der Waals surface area contributed by atoms with Crippen LogP contribution in [0.2, 0.25) is 0 Å². The molecule has 8 heteroatoms. The molecule has 1 amide bonds. The van der Waals surface area contributed by atoms with Gasteiger partial charge in [0, 0.05) is 29.2 Å². The fourth-order valence-electron chi connectivity index (χ4n) is 1.27. The van der Waals surface area contributed by atoms with Gasteiger partial charge in [-0.1, -0.05) is 13.8 Å². The summed E-state index contributed by atoms with van der Waals surface area (Å²) < 4.78 is 0. The van der Waals surface area contributed by atoms with Crippen LogP contribution in [0.25, 0.3) is 0 Å². The zero-order valence-electron chi connectivity index (χ0n) is 9.95. The van der Waals surface area contributed by atoms with E-state index in [2.05, 4.69) is 5.32 Å². The zero-order valence-corrected chi connectivity index (χ0v) is 9.95. The molecule has 0 fully saturated rings. The number of nitrogens with one attached hydrogen (secondary N) is 1. The summed E-state index contributed by atoms with van der Waals surface area (Å²) in [6, 6.07) is 3.47. The second-order valence-electron chi connectivity index (χ2n) is 4.05. The lowest BCUT2D eigenvalue weighted by Crippen LogP contribution is -2.34. The zero-order chi connectivity index (χ0) is 13.9. The van der Waals surface area contributed by atoms with E-state index in [1.807, 2.05) is 0 Å². The average molecular weight is 252 g/mol. The molecule has 1 aromatic carbocycles. The fraction of sp³-hybridized carbons (Fsp3) is 0.300. The molecule has 0 aliphatic heterocycles. The normalized spacial score (nSPS) is 10.3. The lowest BCUT2D eigenvalue weighted by molar-refractivity contribution is -0.384. The summed E-state index contributed by atoms with van der Waals surface area (Å²) in [5.41, 5.74) is -0.242. The summed E-state index contributed by atoms with van der Waals surface area (Å²) in [4.78, 5) is 21.4. The first-order valence-corrected chi connectivity index (χ1v) is 5.28. The molecular formula is C10H13BN2O5. The largest absolute Gasteiger partial charge is 0.490 e. The van der Waals surface area contributed by atoms with Crippen LogP contribution in [0.1, 0.15) is 13.8 Å². The molecule has 0 saturated carbocycles. The highest BCUT2D eigenvalue weighted by Crippen LogP contribution is 2.14. The van der Waals surface area contributed by atoms with Gasteiger partial charge in [-0.15, -0.1) is 0 Å². The molecule has 96 valence electrons. The molecule has 0 aromatic heterocycles. The summed E-state index contributed by atoms with van der Waals surface area (Å²) in [7, 11) is -1.90. The Balaban J connectivity index is 3.12. The van der Waals surface area contributed by atoms with E-state index in [0.29, 0.717) is 0 Å². The number of carbonyl (C=O) groups excluding carboxylic acids is 1. The van der Waals surface area contributed by atoms with Gasteiger partial charge in [0.2, 0.25) is 5.91 Å². The number of nitro groups is 1. The van der Waals surface area contributed by atoms with E-state index in [1.54, 1.807) is 13.8 Å². The monoisotopic (exact) mass is 252 g/mol. The summed E-state index contributed by atoms with van der Waals surface area (Å²) in [5, 5.41) is 31.3. The Kier molecular flexibility index (Phi) is 4.41. The molecule has 7 nitrogen and oxygen atoms in total. The first-order valence-electron chi connectivity index (χ1n) is 5.28. The minimum atomic E-state index is -1.90. The van der Waals surface area contributed by atoms with E-state index >= 15 is 0 Å². The van der Waals surface area contributed by atoms with Crippen LogP contribution >= 0.6 is 0 Å². The van der Waals surface area contributed by atoms with Crippen LogP contribution < -0.4 is 10.8 Å². The smallest absolute Gasteiger partial charge is 0.423 e. The van der Waals surface area contributed by atoms with Crippen molar-refractivity contribution >= 4 is 29.9 Å². The van der Waals surface area contributed by atoms with E-state index in [4.69, 9.17) is 10.0 Å². The summed E-state index contributed by atoms with van der Waals surface area (Å²) >= 11 is 0. The van der Waals surface area contributed by atoms with Crippen LogP contribution in [0.4, 0.5) is 11.4 Å². The standard InChI is InChI=1S/C10H13BN2O5/c1-6(2)10(14)12-9-4-3-7(13(17)18)5-8(9)11(15)16/h3-6,15-16H,1-2H3,(H,12,14). The maximum atomic E-state index is 11.5. The Morgan fingerprint density at radius 1 is 1.44 bits per heavy atom. The van der Waals surface area contributed by atoms with Crippen molar-refractivity contribution in [2.75, 3.05) is 5.32 Å². The molecule has 0 atom stereocenters. The fourth-order valence-corrected chi connectivity index (χ4v) is 1.27. The molecule has 0 unspecified atom stereocenters. The van der Waals surface area contributed by atoms with Crippen molar-refractivity contribution in [3.8, 4) is 0 Å². The quantitative estimate of drug-likeness (QED) is 0.392. The topological polar surface area (TPSA) is 113 Å². The number of nitro benzene ring substituents is 1. The van der Waals surface area contributed by atoms with Crippen molar-refractivity contribution in [1.82, 2.24) is 0 Å². The molecule has 0 spiro atoms. The Morgan fingerprint density at radius 3 is 2.50 bits per heavy atom. The molecule has 18 heavy (non-hydrogen) atoms. The molecule has 0 radical (unpaired) electrons. The minimum absolute atomic E-state index is 0.113. The average Bonchev–Trinajstić information content (AvgIpc) is 2.28. The third-order valence-electron chi connectivity index (χ3n) is 2.31. The predicted molar refractivity (Wildman–Crippen MR) is 66.4 cm³/mol. The maximum Gasteiger partial charge on any atom is 0.490 e. The van der Waals surface area contributed by atoms with Crippen LogP contribution in [-0.2, 0) is 4.79 Å². The molecule has 0 saturated heterocycles. The van der Waals surface area contributed by atoms with Crippen molar-refractivity contribution < 1.29 is 19.8 Å². The second kappa shape index (κ2) is 5.61. The lowest BCUT2D eigenvalue weighted by Gasteiger charge is -2.12. The van der Waals surface area contributed by atoms with Crippen LogP contribution in [0.3, 0.4) is 0 Å². The molecule has 0 aliphatic carbocycles. The number of non-ortho nitro benzene ring substituents is 1. The summed E-state index contributed by atoms with van der Waals surface area (Å²) in [6.45, 7) is 3.35. The number of carbonyl (C=O) groups is 1. The van der Waals surface area contributed by atoms with E-state index in [-0.39, 0.29) is 28.7 Å². The molecule has 3 N–H and O–H groups in total. The summed E-state index contributed by atoms with van der Waals surface area (Å²) in [6.07, 6.45) is 0. The Hall–Kier alpha value is -1.93. The molecule has 1 aromatic rings. The number of anilines is 1. The van der Waals surface area contributed by atoms with Crippen molar-refractivity contribution in [2.45, 2.75) is 13.8 Å². The minimum Gasteiger partial charge on any atom is -0.423 e. The highest BCUT2D eigenvalue weighted by Gasteiger charge is 2.21. The van der Waals surface area contributed by atoms with Crippen molar-refractivity contribution in [1.29, 1.82) is 0 Å². The first kappa shape index (κ1) is 14.1. The van der Waals surface area contributed by atoms with Crippen molar-refractivity contribution in [3.05, 3.63) is 28.3 Å². The van der Waals surface area contributed by atoms with Crippen LogP contribution in [0.5, 0.6) is 0 Å². The third-order valence-corrected chi connectivity index (χ3v) is 2.31.